The summed E-state index contributed by atoms with van der Waals surface area (Å²) in [4.78, 5) is 3.97. The van der Waals surface area contributed by atoms with Crippen molar-refractivity contribution in [2.45, 2.75) is 38.3 Å². The minimum atomic E-state index is -0.129. The molecule has 1 aliphatic rings. The summed E-state index contributed by atoms with van der Waals surface area (Å²) in [5, 5.41) is 13.7. The summed E-state index contributed by atoms with van der Waals surface area (Å²) >= 11 is 5.86. The van der Waals surface area contributed by atoms with Crippen LogP contribution in [-0.2, 0) is 0 Å². The van der Waals surface area contributed by atoms with E-state index in [1.807, 2.05) is 12.1 Å². The normalized spacial score (nSPS) is 26.1. The van der Waals surface area contributed by atoms with Crippen molar-refractivity contribution >= 4 is 11.6 Å². The molecule has 0 radical (unpaired) electrons. The smallest absolute Gasteiger partial charge is 0.129 e. The third-order valence-corrected chi connectivity index (χ3v) is 3.76. The van der Waals surface area contributed by atoms with Crippen LogP contribution in [-0.4, -0.2) is 22.7 Å². The maximum absolute atomic E-state index is 9.75. The average Bonchev–Trinajstić information content (AvgIpc) is 2.72. The molecule has 4 heteroatoms. The third-order valence-electron chi connectivity index (χ3n) is 3.56. The molecule has 3 nitrogen and oxygen atoms in total. The zero-order valence-electron chi connectivity index (χ0n) is 10.1. The second kappa shape index (κ2) is 5.80. The van der Waals surface area contributed by atoms with E-state index in [-0.39, 0.29) is 12.1 Å². The summed E-state index contributed by atoms with van der Waals surface area (Å²) in [6, 6.07) is 4.09. The summed E-state index contributed by atoms with van der Waals surface area (Å²) in [7, 11) is 0. The van der Waals surface area contributed by atoms with Gasteiger partial charge in [-0.25, -0.2) is 4.98 Å². The Morgan fingerprint density at radius 1 is 1.59 bits per heavy atom. The minimum absolute atomic E-state index is 0.129. The first kappa shape index (κ1) is 12.8. The fraction of sp³-hybridized carbons (Fsp3) is 0.615. The van der Waals surface area contributed by atoms with E-state index >= 15 is 0 Å². The third kappa shape index (κ3) is 3.41. The van der Waals surface area contributed by atoms with Crippen LogP contribution in [0.3, 0.4) is 0 Å². The highest BCUT2D eigenvalue weighted by atomic mass is 35.5. The molecule has 1 saturated carbocycles. The Morgan fingerprint density at radius 2 is 2.41 bits per heavy atom. The number of aromatic nitrogens is 1. The van der Waals surface area contributed by atoms with Gasteiger partial charge in [-0.3, -0.25) is 0 Å². The lowest BCUT2D eigenvalue weighted by molar-refractivity contribution is 0.130. The van der Waals surface area contributed by atoms with Crippen molar-refractivity contribution in [2.24, 2.45) is 5.92 Å². The molecule has 0 saturated heterocycles. The fourth-order valence-electron chi connectivity index (χ4n) is 2.39. The highest BCUT2D eigenvalue weighted by Gasteiger charge is 2.25. The van der Waals surface area contributed by atoms with Gasteiger partial charge in [-0.15, -0.1) is 0 Å². The molecule has 94 valence electrons. The van der Waals surface area contributed by atoms with E-state index in [2.05, 4.69) is 17.2 Å². The molecule has 2 rings (SSSR count). The Labute approximate surface area is 107 Å². The van der Waals surface area contributed by atoms with E-state index < -0.39 is 0 Å². The molecule has 0 aliphatic heterocycles. The van der Waals surface area contributed by atoms with Crippen LogP contribution in [0.2, 0.25) is 5.15 Å². The molecular formula is C13H19ClN2O. The maximum Gasteiger partial charge on any atom is 0.129 e. The van der Waals surface area contributed by atoms with Crippen molar-refractivity contribution in [1.82, 2.24) is 10.3 Å². The molecule has 1 aromatic rings. The molecule has 1 heterocycles. The number of hydrogen-bond acceptors (Lipinski definition) is 3. The standard InChI is InChI=1S/C13H19ClN2O/c1-9(10-5-6-15-13(14)7-10)16-8-11-3-2-4-12(11)17/h5-7,9,11-12,16-17H,2-4,8H2,1H3. The lowest BCUT2D eigenvalue weighted by Crippen LogP contribution is -2.29. The van der Waals surface area contributed by atoms with Gasteiger partial charge < -0.3 is 10.4 Å². The number of rotatable bonds is 4. The molecule has 1 fully saturated rings. The quantitative estimate of drug-likeness (QED) is 0.812. The SMILES string of the molecule is CC(NCC1CCCC1O)c1ccnc(Cl)c1. The van der Waals surface area contributed by atoms with Crippen molar-refractivity contribution in [1.29, 1.82) is 0 Å². The van der Waals surface area contributed by atoms with Crippen molar-refractivity contribution < 1.29 is 5.11 Å². The fourth-order valence-corrected chi connectivity index (χ4v) is 2.57. The second-order valence-electron chi connectivity index (χ2n) is 4.80. The first-order chi connectivity index (χ1) is 8.16. The van der Waals surface area contributed by atoms with E-state index in [9.17, 15) is 5.11 Å². The van der Waals surface area contributed by atoms with Crippen LogP contribution < -0.4 is 5.32 Å². The molecule has 2 N–H and O–H groups in total. The molecule has 0 bridgehead atoms. The molecule has 3 atom stereocenters. The molecule has 3 unspecified atom stereocenters. The van der Waals surface area contributed by atoms with Gasteiger partial charge in [0.25, 0.3) is 0 Å². The number of aliphatic hydroxyl groups excluding tert-OH is 1. The lowest BCUT2D eigenvalue weighted by Gasteiger charge is -2.19. The summed E-state index contributed by atoms with van der Waals surface area (Å²) in [6.45, 7) is 2.97. The van der Waals surface area contributed by atoms with Gasteiger partial charge in [0.05, 0.1) is 6.10 Å². The summed E-state index contributed by atoms with van der Waals surface area (Å²) < 4.78 is 0. The van der Waals surface area contributed by atoms with E-state index in [4.69, 9.17) is 11.6 Å². The summed E-state index contributed by atoms with van der Waals surface area (Å²) in [5.41, 5.74) is 1.14. The predicted molar refractivity (Wildman–Crippen MR) is 69.0 cm³/mol. The predicted octanol–water partition coefficient (Wildman–Crippen LogP) is 2.55. The molecular weight excluding hydrogens is 236 g/mol. The molecule has 0 amide bonds. The molecule has 0 aromatic carbocycles. The highest BCUT2D eigenvalue weighted by molar-refractivity contribution is 6.29. The Bertz CT molecular complexity index is 372. The van der Waals surface area contributed by atoms with E-state index in [0.29, 0.717) is 11.1 Å². The minimum Gasteiger partial charge on any atom is -0.393 e. The monoisotopic (exact) mass is 254 g/mol. The van der Waals surface area contributed by atoms with Gasteiger partial charge in [-0.2, -0.15) is 0 Å². The Kier molecular flexibility index (Phi) is 4.37. The van der Waals surface area contributed by atoms with E-state index in [0.717, 1.165) is 31.4 Å². The van der Waals surface area contributed by atoms with Crippen LogP contribution in [0.25, 0.3) is 0 Å². The van der Waals surface area contributed by atoms with Crippen LogP contribution in [0.1, 0.15) is 37.8 Å². The van der Waals surface area contributed by atoms with Gasteiger partial charge in [-0.1, -0.05) is 18.0 Å². The molecule has 0 spiro atoms. The van der Waals surface area contributed by atoms with Gasteiger partial charge >= 0.3 is 0 Å². The van der Waals surface area contributed by atoms with Crippen LogP contribution in [0.15, 0.2) is 18.3 Å². The summed E-state index contributed by atoms with van der Waals surface area (Å²) in [6.07, 6.45) is 4.80. The van der Waals surface area contributed by atoms with Crippen LogP contribution in [0.5, 0.6) is 0 Å². The van der Waals surface area contributed by atoms with E-state index in [1.165, 1.54) is 0 Å². The van der Waals surface area contributed by atoms with Crippen molar-refractivity contribution in [3.8, 4) is 0 Å². The van der Waals surface area contributed by atoms with E-state index in [1.54, 1.807) is 6.20 Å². The van der Waals surface area contributed by atoms with Crippen molar-refractivity contribution in [3.05, 3.63) is 29.0 Å². The van der Waals surface area contributed by atoms with Gasteiger partial charge in [0.1, 0.15) is 5.15 Å². The largest absolute Gasteiger partial charge is 0.393 e. The topological polar surface area (TPSA) is 45.1 Å². The van der Waals surface area contributed by atoms with Crippen LogP contribution in [0, 0.1) is 5.92 Å². The molecule has 1 aromatic heterocycles. The second-order valence-corrected chi connectivity index (χ2v) is 5.19. The average molecular weight is 255 g/mol. The van der Waals surface area contributed by atoms with Gasteiger partial charge in [0.15, 0.2) is 0 Å². The van der Waals surface area contributed by atoms with Crippen LogP contribution in [0.4, 0.5) is 0 Å². The molecule has 17 heavy (non-hydrogen) atoms. The van der Waals surface area contributed by atoms with Gasteiger partial charge in [0.2, 0.25) is 0 Å². The maximum atomic E-state index is 9.75. The first-order valence-electron chi connectivity index (χ1n) is 6.19. The Hall–Kier alpha value is -0.640. The first-order valence-corrected chi connectivity index (χ1v) is 6.57. The number of halogens is 1. The highest BCUT2D eigenvalue weighted by Crippen LogP contribution is 2.25. The lowest BCUT2D eigenvalue weighted by atomic mass is 10.0. The van der Waals surface area contributed by atoms with Crippen LogP contribution >= 0.6 is 11.6 Å². The number of hydrogen-bond donors (Lipinski definition) is 2. The number of aliphatic hydroxyl groups is 1. The molecule has 1 aliphatic carbocycles. The zero-order valence-corrected chi connectivity index (χ0v) is 10.8. The summed E-state index contributed by atoms with van der Waals surface area (Å²) in [5.74, 6) is 0.398. The zero-order chi connectivity index (χ0) is 12.3. The van der Waals surface area contributed by atoms with Crippen molar-refractivity contribution in [3.63, 3.8) is 0 Å². The number of nitrogens with one attached hydrogen (secondary N) is 1. The van der Waals surface area contributed by atoms with Gasteiger partial charge in [0, 0.05) is 18.8 Å². The van der Waals surface area contributed by atoms with Gasteiger partial charge in [-0.05, 0) is 43.4 Å². The number of nitrogens with zero attached hydrogens (tertiary/aromatic N) is 1. The Balaban J connectivity index is 1.86. The van der Waals surface area contributed by atoms with Crippen molar-refractivity contribution in [2.75, 3.05) is 6.54 Å². The Morgan fingerprint density at radius 3 is 3.06 bits per heavy atom. The number of pyridine rings is 1.